The Hall–Kier alpha value is -2.42. The number of benzene rings is 2. The van der Waals surface area contributed by atoms with E-state index >= 15 is 0 Å². The lowest BCUT2D eigenvalue weighted by Crippen LogP contribution is -1.88. The van der Waals surface area contributed by atoms with Crippen molar-refractivity contribution in [3.8, 4) is 5.75 Å². The second kappa shape index (κ2) is 7.79. The normalized spacial score (nSPS) is 8.72. The fourth-order valence-electron chi connectivity index (χ4n) is 1.30. The van der Waals surface area contributed by atoms with Crippen LogP contribution in [-0.4, -0.2) is 19.7 Å². The van der Waals surface area contributed by atoms with Gasteiger partial charge in [0.1, 0.15) is 12.0 Å². The molecule has 2 rings (SSSR count). The zero-order chi connectivity index (χ0) is 13.2. The molecule has 0 spiro atoms. The van der Waals surface area contributed by atoms with Crippen LogP contribution in [0.15, 0.2) is 54.6 Å². The molecule has 0 amide bonds. The van der Waals surface area contributed by atoms with Gasteiger partial charge in [-0.25, -0.2) is 0 Å². The van der Waals surface area contributed by atoms with Crippen molar-refractivity contribution < 1.29 is 14.3 Å². The van der Waals surface area contributed by atoms with Crippen LogP contribution in [0.4, 0.5) is 0 Å². The molecule has 0 unspecified atom stereocenters. The lowest BCUT2D eigenvalue weighted by molar-refractivity contribution is 0.111. The average molecular weight is 242 g/mol. The zero-order valence-corrected chi connectivity index (χ0v) is 10.1. The second-order valence-electron chi connectivity index (χ2n) is 3.39. The van der Waals surface area contributed by atoms with Crippen molar-refractivity contribution in [2.75, 3.05) is 7.11 Å². The van der Waals surface area contributed by atoms with Crippen molar-refractivity contribution in [1.29, 1.82) is 0 Å². The van der Waals surface area contributed by atoms with Gasteiger partial charge >= 0.3 is 0 Å². The Morgan fingerprint density at radius 3 is 1.89 bits per heavy atom. The van der Waals surface area contributed by atoms with E-state index in [-0.39, 0.29) is 0 Å². The molecule has 0 N–H and O–H groups in total. The predicted octanol–water partition coefficient (Wildman–Crippen LogP) is 3.01. The molecule has 0 bridgehead atoms. The van der Waals surface area contributed by atoms with Gasteiger partial charge in [0.2, 0.25) is 0 Å². The summed E-state index contributed by atoms with van der Waals surface area (Å²) in [6.07, 6.45) is 1.61. The molecule has 0 aliphatic carbocycles. The molecule has 0 aromatic heterocycles. The molecule has 0 aliphatic rings. The minimum Gasteiger partial charge on any atom is -0.496 e. The summed E-state index contributed by atoms with van der Waals surface area (Å²) in [7, 11) is 1.54. The van der Waals surface area contributed by atoms with Crippen LogP contribution in [0.25, 0.3) is 0 Å². The minimum absolute atomic E-state index is 0.588. The highest BCUT2D eigenvalue weighted by Crippen LogP contribution is 2.13. The van der Waals surface area contributed by atoms with E-state index in [1.807, 2.05) is 24.3 Å². The molecular formula is C15H14O3. The largest absolute Gasteiger partial charge is 0.496 e. The molecule has 3 heteroatoms. The van der Waals surface area contributed by atoms with Gasteiger partial charge in [-0.15, -0.1) is 0 Å². The highest BCUT2D eigenvalue weighted by molar-refractivity contribution is 5.79. The summed E-state index contributed by atoms with van der Waals surface area (Å²) in [5.41, 5.74) is 1.32. The molecule has 2 aromatic carbocycles. The Kier molecular flexibility index (Phi) is 5.90. The van der Waals surface area contributed by atoms with Crippen LogP contribution < -0.4 is 4.74 Å². The number of para-hydroxylation sites is 1. The zero-order valence-electron chi connectivity index (χ0n) is 10.1. The Morgan fingerprint density at radius 2 is 1.44 bits per heavy atom. The molecule has 0 saturated carbocycles. The van der Waals surface area contributed by atoms with E-state index in [1.54, 1.807) is 37.4 Å². The van der Waals surface area contributed by atoms with E-state index < -0.39 is 0 Å². The van der Waals surface area contributed by atoms with Crippen LogP contribution in [0, 0.1) is 0 Å². The maximum Gasteiger partial charge on any atom is 0.153 e. The first-order valence-corrected chi connectivity index (χ1v) is 5.40. The minimum atomic E-state index is 0.588. The molecule has 0 radical (unpaired) electrons. The van der Waals surface area contributed by atoms with E-state index in [9.17, 15) is 9.59 Å². The number of hydrogen-bond acceptors (Lipinski definition) is 3. The molecular weight excluding hydrogens is 228 g/mol. The highest BCUT2D eigenvalue weighted by Gasteiger charge is 1.96. The van der Waals surface area contributed by atoms with E-state index in [1.165, 1.54) is 0 Å². The number of methoxy groups -OCH3 is 1. The summed E-state index contributed by atoms with van der Waals surface area (Å²) in [6.45, 7) is 0. The summed E-state index contributed by atoms with van der Waals surface area (Å²) < 4.78 is 4.90. The van der Waals surface area contributed by atoms with Crippen LogP contribution >= 0.6 is 0 Å². The summed E-state index contributed by atoms with van der Waals surface area (Å²) in [5.74, 6) is 0.623. The van der Waals surface area contributed by atoms with Crippen LogP contribution in [-0.2, 0) is 0 Å². The van der Waals surface area contributed by atoms with E-state index in [0.29, 0.717) is 11.3 Å². The van der Waals surface area contributed by atoms with Crippen LogP contribution in [0.2, 0.25) is 0 Å². The molecule has 0 fully saturated rings. The fourth-order valence-corrected chi connectivity index (χ4v) is 1.30. The number of ether oxygens (including phenoxy) is 1. The van der Waals surface area contributed by atoms with Crippen molar-refractivity contribution in [3.05, 3.63) is 65.7 Å². The van der Waals surface area contributed by atoms with Gasteiger partial charge in [-0.1, -0.05) is 42.5 Å². The van der Waals surface area contributed by atoms with Crippen molar-refractivity contribution in [2.24, 2.45) is 0 Å². The molecule has 18 heavy (non-hydrogen) atoms. The molecule has 2 aromatic rings. The van der Waals surface area contributed by atoms with Gasteiger partial charge < -0.3 is 4.74 Å². The molecule has 0 atom stereocenters. The van der Waals surface area contributed by atoms with Crippen LogP contribution in [0.1, 0.15) is 20.7 Å². The lowest BCUT2D eigenvalue weighted by atomic mass is 10.2. The number of carbonyl (C=O) groups excluding carboxylic acids is 2. The highest BCUT2D eigenvalue weighted by atomic mass is 16.5. The Bertz CT molecular complexity index is 492. The first-order chi connectivity index (χ1) is 8.81. The lowest BCUT2D eigenvalue weighted by Gasteiger charge is -1.99. The number of aldehydes is 2. The predicted molar refractivity (Wildman–Crippen MR) is 70.2 cm³/mol. The average Bonchev–Trinajstić information content (AvgIpc) is 2.48. The SMILES string of the molecule is COc1ccccc1C=O.O=Cc1ccccc1. The third-order valence-electron chi connectivity index (χ3n) is 2.20. The van der Waals surface area contributed by atoms with Crippen molar-refractivity contribution in [2.45, 2.75) is 0 Å². The van der Waals surface area contributed by atoms with Gasteiger partial charge in [0.05, 0.1) is 12.7 Å². The van der Waals surface area contributed by atoms with E-state index in [0.717, 1.165) is 18.1 Å². The van der Waals surface area contributed by atoms with E-state index in [4.69, 9.17) is 4.74 Å². The second-order valence-corrected chi connectivity index (χ2v) is 3.39. The van der Waals surface area contributed by atoms with Gasteiger partial charge in [0.15, 0.2) is 6.29 Å². The van der Waals surface area contributed by atoms with Gasteiger partial charge in [-0.3, -0.25) is 9.59 Å². The monoisotopic (exact) mass is 242 g/mol. The number of carbonyl (C=O) groups is 2. The molecule has 3 nitrogen and oxygen atoms in total. The van der Waals surface area contributed by atoms with Crippen molar-refractivity contribution in [3.63, 3.8) is 0 Å². The number of rotatable bonds is 3. The number of hydrogen-bond donors (Lipinski definition) is 0. The van der Waals surface area contributed by atoms with Gasteiger partial charge in [0, 0.05) is 5.56 Å². The quantitative estimate of drug-likeness (QED) is 0.777. The summed E-state index contributed by atoms with van der Waals surface area (Å²) in [4.78, 5) is 20.3. The van der Waals surface area contributed by atoms with Crippen molar-refractivity contribution in [1.82, 2.24) is 0 Å². The third kappa shape index (κ3) is 4.22. The summed E-state index contributed by atoms with van der Waals surface area (Å²) in [6, 6.07) is 16.2. The van der Waals surface area contributed by atoms with Crippen LogP contribution in [0.5, 0.6) is 5.75 Å². The standard InChI is InChI=1S/C8H8O2.C7H6O/c1-10-8-5-3-2-4-7(8)6-9;8-6-7-4-2-1-3-5-7/h2-6H,1H3;1-6H. The Morgan fingerprint density at radius 1 is 0.833 bits per heavy atom. The fraction of sp³-hybridized carbons (Fsp3) is 0.0667. The maximum absolute atomic E-state index is 10.3. The Labute approximate surface area is 106 Å². The first-order valence-electron chi connectivity index (χ1n) is 5.40. The van der Waals surface area contributed by atoms with Gasteiger partial charge in [0.25, 0.3) is 0 Å². The molecule has 0 saturated heterocycles. The molecule has 0 heterocycles. The molecule has 92 valence electrons. The molecule has 0 aliphatic heterocycles. The van der Waals surface area contributed by atoms with Gasteiger partial charge in [-0.05, 0) is 12.1 Å². The van der Waals surface area contributed by atoms with Crippen molar-refractivity contribution >= 4 is 12.6 Å². The van der Waals surface area contributed by atoms with E-state index in [2.05, 4.69) is 0 Å². The third-order valence-corrected chi connectivity index (χ3v) is 2.20. The first kappa shape index (κ1) is 13.6. The Balaban J connectivity index is 0.000000184. The summed E-state index contributed by atoms with van der Waals surface area (Å²) >= 11 is 0. The smallest absolute Gasteiger partial charge is 0.153 e. The topological polar surface area (TPSA) is 43.4 Å². The van der Waals surface area contributed by atoms with Crippen LogP contribution in [0.3, 0.4) is 0 Å². The summed E-state index contributed by atoms with van der Waals surface area (Å²) in [5, 5.41) is 0. The van der Waals surface area contributed by atoms with Gasteiger partial charge in [-0.2, -0.15) is 0 Å². The maximum atomic E-state index is 10.3.